The van der Waals surface area contributed by atoms with Crippen LogP contribution in [0.4, 0.5) is 0 Å². The summed E-state index contributed by atoms with van der Waals surface area (Å²) in [6.07, 6.45) is 1.80. The van der Waals surface area contributed by atoms with E-state index in [9.17, 15) is 5.11 Å². The molecule has 2 rings (SSSR count). The first-order valence-corrected chi connectivity index (χ1v) is 6.21. The molecule has 4 heteroatoms. The second kappa shape index (κ2) is 4.92. The summed E-state index contributed by atoms with van der Waals surface area (Å²) >= 11 is 12.0. The third kappa shape index (κ3) is 2.21. The van der Waals surface area contributed by atoms with E-state index in [2.05, 4.69) is 5.32 Å². The molecule has 16 heavy (non-hydrogen) atoms. The van der Waals surface area contributed by atoms with E-state index < -0.39 is 0 Å². The Bertz CT molecular complexity index is 375. The van der Waals surface area contributed by atoms with Crippen molar-refractivity contribution in [1.82, 2.24) is 5.32 Å². The molecule has 1 unspecified atom stereocenters. The van der Waals surface area contributed by atoms with Crippen LogP contribution >= 0.6 is 23.2 Å². The highest BCUT2D eigenvalue weighted by Crippen LogP contribution is 2.36. The van der Waals surface area contributed by atoms with Gasteiger partial charge in [0.25, 0.3) is 0 Å². The Morgan fingerprint density at radius 1 is 1.31 bits per heavy atom. The van der Waals surface area contributed by atoms with E-state index in [1.54, 1.807) is 0 Å². The van der Waals surface area contributed by atoms with Crippen LogP contribution in [0, 0.1) is 0 Å². The Morgan fingerprint density at radius 3 is 2.69 bits per heavy atom. The molecule has 1 heterocycles. The van der Waals surface area contributed by atoms with Crippen LogP contribution in [0.15, 0.2) is 18.2 Å². The third-order valence-electron chi connectivity index (χ3n) is 3.37. The molecule has 1 saturated heterocycles. The summed E-state index contributed by atoms with van der Waals surface area (Å²) in [5.74, 6) is 0. The van der Waals surface area contributed by atoms with Crippen LogP contribution in [0.2, 0.25) is 10.0 Å². The zero-order valence-electron chi connectivity index (χ0n) is 8.97. The second-order valence-corrected chi connectivity index (χ2v) is 5.12. The smallest absolute Gasteiger partial charge is 0.0595 e. The molecule has 0 aliphatic carbocycles. The quantitative estimate of drug-likeness (QED) is 0.875. The molecule has 88 valence electrons. The second-order valence-electron chi connectivity index (χ2n) is 4.31. The molecule has 0 amide bonds. The van der Waals surface area contributed by atoms with Gasteiger partial charge in [0.05, 0.1) is 10.0 Å². The van der Waals surface area contributed by atoms with E-state index in [4.69, 9.17) is 23.2 Å². The summed E-state index contributed by atoms with van der Waals surface area (Å²) in [6, 6.07) is 5.76. The van der Waals surface area contributed by atoms with Gasteiger partial charge in [-0.05, 0) is 37.1 Å². The maximum absolute atomic E-state index is 9.19. The van der Waals surface area contributed by atoms with Crippen molar-refractivity contribution in [3.63, 3.8) is 0 Å². The molecule has 1 aliphatic rings. The molecule has 1 aromatic carbocycles. The summed E-state index contributed by atoms with van der Waals surface area (Å²) in [5.41, 5.74) is 1.18. The highest BCUT2D eigenvalue weighted by Gasteiger charge is 2.35. The Kier molecular flexibility index (Phi) is 3.75. The van der Waals surface area contributed by atoms with Crippen LogP contribution in [0.25, 0.3) is 0 Å². The van der Waals surface area contributed by atoms with Crippen molar-refractivity contribution in [3.8, 4) is 0 Å². The van der Waals surface area contributed by atoms with Crippen molar-refractivity contribution < 1.29 is 5.11 Å². The number of hydrogen-bond acceptors (Lipinski definition) is 2. The van der Waals surface area contributed by atoms with Gasteiger partial charge in [-0.2, -0.15) is 0 Å². The van der Waals surface area contributed by atoms with Crippen molar-refractivity contribution in [2.75, 3.05) is 19.7 Å². The predicted octanol–water partition coefficient (Wildman–Crippen LogP) is 2.61. The van der Waals surface area contributed by atoms with Crippen LogP contribution in [0.3, 0.4) is 0 Å². The van der Waals surface area contributed by atoms with Crippen LogP contribution in [0.5, 0.6) is 0 Å². The van der Waals surface area contributed by atoms with Gasteiger partial charge in [-0.1, -0.05) is 29.3 Å². The van der Waals surface area contributed by atoms with Gasteiger partial charge < -0.3 is 10.4 Å². The Hall–Kier alpha value is -0.280. The number of benzene rings is 1. The summed E-state index contributed by atoms with van der Waals surface area (Å²) in [7, 11) is 0. The molecule has 2 N–H and O–H groups in total. The van der Waals surface area contributed by atoms with E-state index in [1.165, 1.54) is 5.56 Å². The van der Waals surface area contributed by atoms with Crippen molar-refractivity contribution in [3.05, 3.63) is 33.8 Å². The Balaban J connectivity index is 2.35. The first kappa shape index (κ1) is 12.2. The lowest BCUT2D eigenvalue weighted by atomic mass is 9.77. The third-order valence-corrected chi connectivity index (χ3v) is 4.11. The topological polar surface area (TPSA) is 32.3 Å². The molecule has 1 fully saturated rings. The van der Waals surface area contributed by atoms with Crippen molar-refractivity contribution >= 4 is 23.2 Å². The fraction of sp³-hybridized carbons (Fsp3) is 0.500. The van der Waals surface area contributed by atoms with Gasteiger partial charge in [-0.3, -0.25) is 0 Å². The van der Waals surface area contributed by atoms with Crippen molar-refractivity contribution in [2.24, 2.45) is 0 Å². The molecular weight excluding hydrogens is 245 g/mol. The molecule has 1 aliphatic heterocycles. The van der Waals surface area contributed by atoms with Gasteiger partial charge in [0.1, 0.15) is 0 Å². The SMILES string of the molecule is OCCC1(c2ccc(Cl)c(Cl)c2)CCNC1. The highest BCUT2D eigenvalue weighted by molar-refractivity contribution is 6.42. The van der Waals surface area contributed by atoms with Crippen molar-refractivity contribution in [2.45, 2.75) is 18.3 Å². The zero-order chi connectivity index (χ0) is 11.6. The van der Waals surface area contributed by atoms with Crippen LogP contribution in [-0.4, -0.2) is 24.8 Å². The van der Waals surface area contributed by atoms with Gasteiger partial charge in [0, 0.05) is 18.6 Å². The van der Waals surface area contributed by atoms with E-state index in [0.29, 0.717) is 10.0 Å². The van der Waals surface area contributed by atoms with Crippen LogP contribution < -0.4 is 5.32 Å². The van der Waals surface area contributed by atoms with Gasteiger partial charge in [-0.15, -0.1) is 0 Å². The fourth-order valence-electron chi connectivity index (χ4n) is 2.39. The normalized spacial score (nSPS) is 24.9. The number of rotatable bonds is 3. The Morgan fingerprint density at radius 2 is 2.12 bits per heavy atom. The minimum atomic E-state index is 0.0168. The molecule has 0 radical (unpaired) electrons. The monoisotopic (exact) mass is 259 g/mol. The average molecular weight is 260 g/mol. The van der Waals surface area contributed by atoms with E-state index in [1.807, 2.05) is 18.2 Å². The summed E-state index contributed by atoms with van der Waals surface area (Å²) in [4.78, 5) is 0. The van der Waals surface area contributed by atoms with Crippen molar-refractivity contribution in [1.29, 1.82) is 0 Å². The van der Waals surface area contributed by atoms with Gasteiger partial charge in [0.2, 0.25) is 0 Å². The van der Waals surface area contributed by atoms with Gasteiger partial charge in [-0.25, -0.2) is 0 Å². The molecular formula is C12H15Cl2NO. The molecule has 2 nitrogen and oxygen atoms in total. The highest BCUT2D eigenvalue weighted by atomic mass is 35.5. The van der Waals surface area contributed by atoms with E-state index >= 15 is 0 Å². The number of hydrogen-bond donors (Lipinski definition) is 2. The van der Waals surface area contributed by atoms with Gasteiger partial charge >= 0.3 is 0 Å². The molecule has 1 aromatic rings. The molecule has 0 bridgehead atoms. The molecule has 0 aromatic heterocycles. The lowest BCUT2D eigenvalue weighted by Gasteiger charge is -2.28. The number of halogens is 2. The first-order valence-electron chi connectivity index (χ1n) is 5.45. The number of aliphatic hydroxyl groups excluding tert-OH is 1. The first-order chi connectivity index (χ1) is 7.68. The minimum absolute atomic E-state index is 0.0168. The van der Waals surface area contributed by atoms with E-state index in [0.717, 1.165) is 25.9 Å². The molecule has 0 spiro atoms. The molecule has 1 atom stereocenters. The van der Waals surface area contributed by atoms with Crippen LogP contribution in [-0.2, 0) is 5.41 Å². The molecule has 0 saturated carbocycles. The lowest BCUT2D eigenvalue weighted by molar-refractivity contribution is 0.244. The standard InChI is InChI=1S/C12H15Cl2NO/c13-10-2-1-9(7-11(10)14)12(4-6-16)3-5-15-8-12/h1-2,7,15-16H,3-6,8H2. The fourth-order valence-corrected chi connectivity index (χ4v) is 2.69. The summed E-state index contributed by atoms with van der Waals surface area (Å²) in [6.45, 7) is 2.08. The number of aliphatic hydroxyl groups is 1. The zero-order valence-corrected chi connectivity index (χ0v) is 10.5. The lowest BCUT2D eigenvalue weighted by Crippen LogP contribution is -2.30. The summed E-state index contributed by atoms with van der Waals surface area (Å²) in [5, 5.41) is 13.7. The average Bonchev–Trinajstić information content (AvgIpc) is 2.72. The largest absolute Gasteiger partial charge is 0.396 e. The maximum atomic E-state index is 9.19. The minimum Gasteiger partial charge on any atom is -0.396 e. The van der Waals surface area contributed by atoms with E-state index in [-0.39, 0.29) is 12.0 Å². The summed E-state index contributed by atoms with van der Waals surface area (Å²) < 4.78 is 0. The number of nitrogens with one attached hydrogen (secondary N) is 1. The van der Waals surface area contributed by atoms with Crippen LogP contribution in [0.1, 0.15) is 18.4 Å². The van der Waals surface area contributed by atoms with Gasteiger partial charge in [0.15, 0.2) is 0 Å². The Labute approximate surface area is 106 Å². The predicted molar refractivity (Wildman–Crippen MR) is 67.3 cm³/mol. The maximum Gasteiger partial charge on any atom is 0.0595 e.